The summed E-state index contributed by atoms with van der Waals surface area (Å²) < 4.78 is 5.75. The molecule has 5 heteroatoms. The van der Waals surface area contributed by atoms with E-state index in [4.69, 9.17) is 4.52 Å². The molecule has 2 aromatic rings. The Kier molecular flexibility index (Phi) is 3.05. The molecule has 1 N–H and O–H groups in total. The maximum atomic E-state index is 11.6. The monoisotopic (exact) mass is 280 g/mol. The highest BCUT2D eigenvalue weighted by Gasteiger charge is 2.09. The van der Waals surface area contributed by atoms with E-state index in [1.54, 1.807) is 0 Å². The van der Waals surface area contributed by atoms with Crippen LogP contribution in [-0.2, 0) is 0 Å². The van der Waals surface area contributed by atoms with Crippen molar-refractivity contribution < 1.29 is 9.32 Å². The van der Waals surface area contributed by atoms with Crippen molar-refractivity contribution in [3.8, 4) is 0 Å². The molecular weight excluding hydrogens is 272 g/mol. The fourth-order valence-corrected chi connectivity index (χ4v) is 1.49. The van der Waals surface area contributed by atoms with Crippen LogP contribution >= 0.6 is 15.9 Å². The summed E-state index contributed by atoms with van der Waals surface area (Å²) in [4.78, 5) is 11.6. The third kappa shape index (κ3) is 2.30. The van der Waals surface area contributed by atoms with Crippen LogP contribution < -0.4 is 5.32 Å². The van der Waals surface area contributed by atoms with Crippen molar-refractivity contribution in [2.45, 2.75) is 6.92 Å². The Labute approximate surface area is 101 Å². The molecule has 0 radical (unpaired) electrons. The van der Waals surface area contributed by atoms with Crippen LogP contribution in [-0.4, -0.2) is 11.1 Å². The van der Waals surface area contributed by atoms with Crippen molar-refractivity contribution in [3.05, 3.63) is 46.3 Å². The second-order valence-corrected chi connectivity index (χ2v) is 4.15. The molecule has 1 amide bonds. The largest absolute Gasteiger partial charge is 0.351 e. The molecule has 0 spiro atoms. The van der Waals surface area contributed by atoms with Gasteiger partial charge in [-0.05, 0) is 30.7 Å². The van der Waals surface area contributed by atoms with Gasteiger partial charge in [0.1, 0.15) is 0 Å². The maximum absolute atomic E-state index is 11.6. The van der Waals surface area contributed by atoms with E-state index in [1.165, 1.54) is 12.3 Å². The minimum Gasteiger partial charge on any atom is -0.351 e. The van der Waals surface area contributed by atoms with Gasteiger partial charge in [0.2, 0.25) is 5.76 Å². The molecule has 0 fully saturated rings. The predicted molar refractivity (Wildman–Crippen MR) is 63.3 cm³/mol. The summed E-state index contributed by atoms with van der Waals surface area (Å²) in [6.07, 6.45) is 1.43. The van der Waals surface area contributed by atoms with Gasteiger partial charge >= 0.3 is 0 Å². The molecule has 0 saturated heterocycles. The molecule has 0 unspecified atom stereocenters. The number of nitrogens with one attached hydrogen (secondary N) is 1. The molecule has 1 aromatic carbocycles. The van der Waals surface area contributed by atoms with Crippen molar-refractivity contribution in [3.63, 3.8) is 0 Å². The molecule has 0 aliphatic heterocycles. The lowest BCUT2D eigenvalue weighted by molar-refractivity contribution is 0.0988. The summed E-state index contributed by atoms with van der Waals surface area (Å²) in [7, 11) is 0. The molecule has 0 atom stereocenters. The number of nitrogens with zero attached hydrogens (tertiary/aromatic N) is 1. The standard InChI is InChI=1S/C11H9BrN2O2/c1-7-6-8(2-3-9(7)12)14-11(15)10-4-5-13-16-10/h2-6H,1H3,(H,14,15). The van der Waals surface area contributed by atoms with E-state index in [0.29, 0.717) is 0 Å². The third-order valence-electron chi connectivity index (χ3n) is 2.08. The van der Waals surface area contributed by atoms with E-state index >= 15 is 0 Å². The number of aromatic nitrogens is 1. The Morgan fingerprint density at radius 2 is 2.25 bits per heavy atom. The molecule has 4 nitrogen and oxygen atoms in total. The molecule has 0 bridgehead atoms. The van der Waals surface area contributed by atoms with Crippen molar-refractivity contribution in [2.24, 2.45) is 0 Å². The molecular formula is C11H9BrN2O2. The van der Waals surface area contributed by atoms with Crippen molar-refractivity contribution in [2.75, 3.05) is 5.32 Å². The van der Waals surface area contributed by atoms with Crippen LogP contribution in [0.25, 0.3) is 0 Å². The Morgan fingerprint density at radius 1 is 1.44 bits per heavy atom. The van der Waals surface area contributed by atoms with Crippen molar-refractivity contribution in [1.82, 2.24) is 5.16 Å². The first-order valence-electron chi connectivity index (χ1n) is 4.65. The van der Waals surface area contributed by atoms with Crippen LogP contribution in [0.15, 0.2) is 39.5 Å². The zero-order chi connectivity index (χ0) is 11.5. The van der Waals surface area contributed by atoms with E-state index in [0.717, 1.165) is 15.7 Å². The fourth-order valence-electron chi connectivity index (χ4n) is 1.25. The number of halogens is 1. The minimum atomic E-state index is -0.306. The maximum Gasteiger partial charge on any atom is 0.294 e. The zero-order valence-corrected chi connectivity index (χ0v) is 10.1. The second-order valence-electron chi connectivity index (χ2n) is 3.29. The van der Waals surface area contributed by atoms with Gasteiger partial charge in [-0.2, -0.15) is 0 Å². The van der Waals surface area contributed by atoms with Crippen LogP contribution in [0, 0.1) is 6.92 Å². The van der Waals surface area contributed by atoms with Crippen LogP contribution in [0.2, 0.25) is 0 Å². The summed E-state index contributed by atoms with van der Waals surface area (Å²) in [5.41, 5.74) is 1.78. The van der Waals surface area contributed by atoms with Gasteiger partial charge in [-0.3, -0.25) is 4.79 Å². The molecule has 0 aliphatic carbocycles. The summed E-state index contributed by atoms with van der Waals surface area (Å²) in [6, 6.07) is 7.08. The van der Waals surface area contributed by atoms with Crippen LogP contribution in [0.4, 0.5) is 5.69 Å². The fraction of sp³-hybridized carbons (Fsp3) is 0.0909. The van der Waals surface area contributed by atoms with E-state index < -0.39 is 0 Å². The first-order valence-corrected chi connectivity index (χ1v) is 5.44. The molecule has 1 aromatic heterocycles. The normalized spacial score (nSPS) is 10.1. The summed E-state index contributed by atoms with van der Waals surface area (Å²) in [6.45, 7) is 1.95. The SMILES string of the molecule is Cc1cc(NC(=O)c2ccno2)ccc1Br. The van der Waals surface area contributed by atoms with Gasteiger partial charge in [-0.25, -0.2) is 0 Å². The van der Waals surface area contributed by atoms with Gasteiger partial charge in [-0.15, -0.1) is 0 Å². The number of hydrogen-bond donors (Lipinski definition) is 1. The smallest absolute Gasteiger partial charge is 0.294 e. The number of rotatable bonds is 2. The number of anilines is 1. The Hall–Kier alpha value is -1.62. The van der Waals surface area contributed by atoms with E-state index in [9.17, 15) is 4.79 Å². The highest BCUT2D eigenvalue weighted by Crippen LogP contribution is 2.20. The minimum absolute atomic E-state index is 0.195. The van der Waals surface area contributed by atoms with Gasteiger partial charge in [0, 0.05) is 16.2 Å². The Bertz CT molecular complexity index is 509. The number of aryl methyl sites for hydroxylation is 1. The van der Waals surface area contributed by atoms with Gasteiger partial charge in [0.05, 0.1) is 6.20 Å². The number of carbonyl (C=O) groups excluding carboxylic acids is 1. The first kappa shape index (κ1) is 10.9. The summed E-state index contributed by atoms with van der Waals surface area (Å²) >= 11 is 3.39. The molecule has 0 aliphatic rings. The lowest BCUT2D eigenvalue weighted by Gasteiger charge is -2.04. The highest BCUT2D eigenvalue weighted by molar-refractivity contribution is 9.10. The van der Waals surface area contributed by atoms with Crippen molar-refractivity contribution in [1.29, 1.82) is 0 Å². The lowest BCUT2D eigenvalue weighted by atomic mass is 10.2. The number of benzene rings is 1. The molecule has 82 valence electrons. The third-order valence-corrected chi connectivity index (χ3v) is 2.97. The average Bonchev–Trinajstić information content (AvgIpc) is 2.77. The number of carbonyl (C=O) groups is 1. The number of amides is 1. The van der Waals surface area contributed by atoms with Gasteiger partial charge < -0.3 is 9.84 Å². The summed E-state index contributed by atoms with van der Waals surface area (Å²) in [5, 5.41) is 6.19. The Morgan fingerprint density at radius 3 is 2.88 bits per heavy atom. The molecule has 16 heavy (non-hydrogen) atoms. The second kappa shape index (κ2) is 4.49. The van der Waals surface area contributed by atoms with Gasteiger partial charge in [0.25, 0.3) is 5.91 Å². The average molecular weight is 281 g/mol. The number of hydrogen-bond acceptors (Lipinski definition) is 3. The van der Waals surface area contributed by atoms with Crippen molar-refractivity contribution >= 4 is 27.5 Å². The highest BCUT2D eigenvalue weighted by atomic mass is 79.9. The van der Waals surface area contributed by atoms with E-state index in [1.807, 2.05) is 25.1 Å². The van der Waals surface area contributed by atoms with E-state index in [-0.39, 0.29) is 11.7 Å². The van der Waals surface area contributed by atoms with Gasteiger partial charge in [-0.1, -0.05) is 21.1 Å². The summed E-state index contributed by atoms with van der Waals surface area (Å²) in [5.74, 6) is -0.111. The van der Waals surface area contributed by atoms with Crippen LogP contribution in [0.1, 0.15) is 16.1 Å². The molecule has 2 rings (SSSR count). The van der Waals surface area contributed by atoms with Crippen LogP contribution in [0.5, 0.6) is 0 Å². The Balaban J connectivity index is 2.15. The molecule has 0 saturated carbocycles. The van der Waals surface area contributed by atoms with Gasteiger partial charge in [0.15, 0.2) is 0 Å². The topological polar surface area (TPSA) is 55.1 Å². The first-order chi connectivity index (χ1) is 7.66. The predicted octanol–water partition coefficient (Wildman–Crippen LogP) is 3.00. The quantitative estimate of drug-likeness (QED) is 0.920. The molecule has 1 heterocycles. The van der Waals surface area contributed by atoms with Crippen LogP contribution in [0.3, 0.4) is 0 Å². The lowest BCUT2D eigenvalue weighted by Crippen LogP contribution is -2.10. The zero-order valence-electron chi connectivity index (χ0n) is 8.53. The van der Waals surface area contributed by atoms with E-state index in [2.05, 4.69) is 26.4 Å².